The van der Waals surface area contributed by atoms with E-state index < -0.39 is 0 Å². The Morgan fingerprint density at radius 2 is 1.47 bits per heavy atom. The van der Waals surface area contributed by atoms with Gasteiger partial charge < -0.3 is 26.4 Å². The average Bonchev–Trinajstić information content (AvgIpc) is 2.68. The van der Waals surface area contributed by atoms with E-state index in [0.717, 1.165) is 42.8 Å². The molecule has 0 saturated carbocycles. The highest BCUT2D eigenvalue weighted by atomic mass is 35.5. The first-order chi connectivity index (χ1) is 14.7. The van der Waals surface area contributed by atoms with E-state index in [1.165, 1.54) is 22.3 Å². The van der Waals surface area contributed by atoms with Crippen LogP contribution in [0.3, 0.4) is 0 Å². The molecule has 0 radical (unpaired) electrons. The van der Waals surface area contributed by atoms with Crippen LogP contribution in [0.2, 0.25) is 0 Å². The molecule has 0 aliphatic carbocycles. The molecule has 0 atom stereocenters. The van der Waals surface area contributed by atoms with Gasteiger partial charge in [-0.15, -0.1) is 0 Å². The first-order valence-electron chi connectivity index (χ1n) is 11.9. The van der Waals surface area contributed by atoms with E-state index in [-0.39, 0.29) is 12.4 Å². The number of rotatable bonds is 13. The third-order valence-electron chi connectivity index (χ3n) is 5.56. The molecule has 32 heavy (non-hydrogen) atoms. The van der Waals surface area contributed by atoms with E-state index in [4.69, 9.17) is 9.47 Å². The van der Waals surface area contributed by atoms with Gasteiger partial charge in [0.25, 0.3) is 0 Å². The Hall–Kier alpha value is -1.55. The fourth-order valence-electron chi connectivity index (χ4n) is 4.02. The summed E-state index contributed by atoms with van der Waals surface area (Å²) in [5, 5.41) is 0. The number of ether oxygens (including phenoxy) is 2. The van der Waals surface area contributed by atoms with Crippen molar-refractivity contribution in [3.05, 3.63) is 64.7 Å². The van der Waals surface area contributed by atoms with Gasteiger partial charge in [0.2, 0.25) is 0 Å². The molecule has 0 bridgehead atoms. The molecule has 0 amide bonds. The monoisotopic (exact) mass is 461 g/mol. The zero-order valence-corrected chi connectivity index (χ0v) is 22.0. The van der Waals surface area contributed by atoms with E-state index >= 15 is 0 Å². The van der Waals surface area contributed by atoms with Crippen molar-refractivity contribution in [3.8, 4) is 5.75 Å². The lowest BCUT2D eigenvalue weighted by Crippen LogP contribution is -3.00. The zero-order valence-electron chi connectivity index (χ0n) is 21.3. The van der Waals surface area contributed by atoms with E-state index in [1.807, 2.05) is 0 Å². The summed E-state index contributed by atoms with van der Waals surface area (Å²) in [6.45, 7) is 15.3. The summed E-state index contributed by atoms with van der Waals surface area (Å²) in [5.74, 6) is 2.33. The van der Waals surface area contributed by atoms with Crippen LogP contribution in [0.15, 0.2) is 42.5 Å². The Morgan fingerprint density at radius 3 is 2.09 bits per heavy atom. The van der Waals surface area contributed by atoms with Crippen LogP contribution in [-0.2, 0) is 24.1 Å². The Balaban J connectivity index is 0.00000512. The van der Waals surface area contributed by atoms with Gasteiger partial charge in [0.05, 0.1) is 27.3 Å². The average molecular weight is 462 g/mol. The maximum absolute atomic E-state index is 6.29. The van der Waals surface area contributed by atoms with Gasteiger partial charge in [-0.3, -0.25) is 0 Å². The van der Waals surface area contributed by atoms with Crippen molar-refractivity contribution < 1.29 is 26.4 Å². The first kappa shape index (κ1) is 28.5. The molecule has 0 N–H and O–H groups in total. The lowest BCUT2D eigenvalue weighted by molar-refractivity contribution is -0.904. The molecule has 0 aliphatic heterocycles. The minimum Gasteiger partial charge on any atom is -1.00 e. The summed E-state index contributed by atoms with van der Waals surface area (Å²) < 4.78 is 13.1. The van der Waals surface area contributed by atoms with Crippen LogP contribution in [0.25, 0.3) is 0 Å². The summed E-state index contributed by atoms with van der Waals surface area (Å²) >= 11 is 0. The smallest absolute Gasteiger partial charge is 0.125 e. The number of nitrogens with zero attached hydrogens (tertiary/aromatic N) is 1. The fourth-order valence-corrected chi connectivity index (χ4v) is 4.02. The molecule has 0 aromatic heterocycles. The minimum atomic E-state index is 0. The minimum absolute atomic E-state index is 0. The van der Waals surface area contributed by atoms with E-state index in [2.05, 4.69) is 91.2 Å². The maximum Gasteiger partial charge on any atom is 0.125 e. The second-order valence-electron chi connectivity index (χ2n) is 10.3. The first-order valence-corrected chi connectivity index (χ1v) is 11.9. The van der Waals surface area contributed by atoms with E-state index in [9.17, 15) is 0 Å². The topological polar surface area (TPSA) is 18.5 Å². The van der Waals surface area contributed by atoms with Gasteiger partial charge in [-0.1, -0.05) is 70.2 Å². The van der Waals surface area contributed by atoms with Gasteiger partial charge in [0, 0.05) is 5.56 Å². The molecule has 0 unspecified atom stereocenters. The highest BCUT2D eigenvalue weighted by Gasteiger charge is 2.17. The summed E-state index contributed by atoms with van der Waals surface area (Å²) in [5.41, 5.74) is 5.42. The standard InChI is InChI=1S/C28H44NO2.ClH/c1-22(2)19-26-14-13-24(5)28(27(26)20-23(3)4)31-18-17-30-16-15-29(6,7)21-25-11-9-8-10-12-25;/h8-14,22-23H,15-21H2,1-7H3;1H/q+1;/p-1. The number of halogens is 1. The molecule has 0 heterocycles. The van der Waals surface area contributed by atoms with Gasteiger partial charge in [-0.25, -0.2) is 0 Å². The SMILES string of the molecule is Cc1ccc(CC(C)C)c(CC(C)C)c1OCCOCC[N+](C)(C)Cc1ccccc1.[Cl-]. The van der Waals surface area contributed by atoms with Gasteiger partial charge in [-0.2, -0.15) is 0 Å². The number of benzene rings is 2. The Bertz CT molecular complexity index is 788. The van der Waals surface area contributed by atoms with Crippen molar-refractivity contribution in [3.63, 3.8) is 0 Å². The molecular weight excluding hydrogens is 418 g/mol. The Labute approximate surface area is 203 Å². The van der Waals surface area contributed by atoms with Gasteiger partial charge in [0.1, 0.15) is 25.4 Å². The molecule has 180 valence electrons. The normalized spacial score (nSPS) is 11.7. The molecule has 2 rings (SSSR count). The Kier molecular flexibility index (Phi) is 12.3. The van der Waals surface area contributed by atoms with Crippen molar-refractivity contribution >= 4 is 0 Å². The van der Waals surface area contributed by atoms with Crippen molar-refractivity contribution in [2.45, 2.75) is 54.0 Å². The zero-order chi connectivity index (χ0) is 22.9. The highest BCUT2D eigenvalue weighted by molar-refractivity contribution is 5.46. The van der Waals surface area contributed by atoms with Crippen molar-refractivity contribution in [1.82, 2.24) is 0 Å². The van der Waals surface area contributed by atoms with Crippen LogP contribution in [-0.4, -0.2) is 44.9 Å². The number of hydrogen-bond acceptors (Lipinski definition) is 2. The summed E-state index contributed by atoms with van der Waals surface area (Å²) in [6.07, 6.45) is 2.16. The number of aryl methyl sites for hydroxylation is 1. The molecule has 4 heteroatoms. The van der Waals surface area contributed by atoms with Crippen LogP contribution in [0.4, 0.5) is 0 Å². The van der Waals surface area contributed by atoms with Crippen molar-refractivity contribution in [1.29, 1.82) is 0 Å². The lowest BCUT2D eigenvalue weighted by Gasteiger charge is -2.29. The molecule has 0 spiro atoms. The second kappa shape index (κ2) is 13.9. The largest absolute Gasteiger partial charge is 1.00 e. The van der Waals surface area contributed by atoms with Crippen LogP contribution in [0.5, 0.6) is 5.75 Å². The molecule has 2 aromatic rings. The van der Waals surface area contributed by atoms with Crippen molar-refractivity contribution in [2.24, 2.45) is 11.8 Å². The predicted molar refractivity (Wildman–Crippen MR) is 132 cm³/mol. The fraction of sp³-hybridized carbons (Fsp3) is 0.571. The van der Waals surface area contributed by atoms with Crippen LogP contribution < -0.4 is 17.1 Å². The second-order valence-corrected chi connectivity index (χ2v) is 10.3. The number of quaternary nitrogens is 1. The molecule has 2 aromatic carbocycles. The summed E-state index contributed by atoms with van der Waals surface area (Å²) in [7, 11) is 4.52. The summed E-state index contributed by atoms with van der Waals surface area (Å²) in [6, 6.07) is 15.2. The quantitative estimate of drug-likeness (QED) is 0.337. The molecular formula is C28H44ClNO2. The van der Waals surface area contributed by atoms with Gasteiger partial charge in [-0.05, 0) is 48.3 Å². The van der Waals surface area contributed by atoms with Gasteiger partial charge in [0.15, 0.2) is 0 Å². The number of hydrogen-bond donors (Lipinski definition) is 0. The Morgan fingerprint density at radius 1 is 0.812 bits per heavy atom. The molecule has 0 saturated heterocycles. The van der Waals surface area contributed by atoms with Crippen LogP contribution in [0, 0.1) is 18.8 Å². The highest BCUT2D eigenvalue weighted by Crippen LogP contribution is 2.31. The van der Waals surface area contributed by atoms with Crippen molar-refractivity contribution in [2.75, 3.05) is 40.5 Å². The van der Waals surface area contributed by atoms with E-state index in [0.29, 0.717) is 25.0 Å². The maximum atomic E-state index is 6.29. The van der Waals surface area contributed by atoms with Crippen LogP contribution in [0.1, 0.15) is 49.9 Å². The lowest BCUT2D eigenvalue weighted by atomic mass is 9.90. The van der Waals surface area contributed by atoms with Gasteiger partial charge >= 0.3 is 0 Å². The third-order valence-corrected chi connectivity index (χ3v) is 5.56. The molecule has 3 nitrogen and oxygen atoms in total. The third kappa shape index (κ3) is 9.94. The molecule has 0 aliphatic rings. The number of likely N-dealkylation sites (N-methyl/N-ethyl adjacent to an activating group) is 1. The molecule has 0 fully saturated rings. The summed E-state index contributed by atoms with van der Waals surface area (Å²) in [4.78, 5) is 0. The predicted octanol–water partition coefficient (Wildman–Crippen LogP) is 3.07. The van der Waals surface area contributed by atoms with E-state index in [1.54, 1.807) is 0 Å². The van der Waals surface area contributed by atoms with Crippen LogP contribution >= 0.6 is 0 Å².